The molecular formula is C9H8N2O. The summed E-state index contributed by atoms with van der Waals surface area (Å²) in [6, 6.07) is 9.90. The zero-order chi connectivity index (χ0) is 8.81. The maximum absolute atomic E-state index is 7.10. The molecule has 0 bridgehead atoms. The van der Waals surface area contributed by atoms with Crippen LogP contribution < -0.4 is 5.73 Å². The fourth-order valence-corrected chi connectivity index (χ4v) is 0.906. The minimum Gasteiger partial charge on any atom is -0.464 e. The van der Waals surface area contributed by atoms with Crippen molar-refractivity contribution in [1.82, 2.24) is 0 Å². The first-order valence-corrected chi connectivity index (χ1v) is 3.40. The van der Waals surface area contributed by atoms with Gasteiger partial charge in [0, 0.05) is 5.39 Å². The Morgan fingerprint density at radius 3 is 2.58 bits per heavy atom. The normalized spacial score (nSPS) is 8.25. The van der Waals surface area contributed by atoms with Gasteiger partial charge in [-0.1, -0.05) is 18.2 Å². The van der Waals surface area contributed by atoms with Gasteiger partial charge >= 0.3 is 0 Å². The number of rotatable bonds is 0. The van der Waals surface area contributed by atoms with Gasteiger partial charge in [0.1, 0.15) is 5.58 Å². The highest BCUT2D eigenvalue weighted by molar-refractivity contribution is 5.76. The number of benzene rings is 1. The first-order valence-electron chi connectivity index (χ1n) is 3.40. The molecule has 3 nitrogen and oxygen atoms in total. The van der Waals surface area contributed by atoms with Gasteiger partial charge in [0.2, 0.25) is 0 Å². The molecule has 0 aliphatic carbocycles. The van der Waals surface area contributed by atoms with Crippen LogP contribution >= 0.6 is 0 Å². The molecule has 0 unspecified atom stereocenters. The molecule has 0 spiro atoms. The summed E-state index contributed by atoms with van der Waals surface area (Å²) < 4.78 is 5.12. The largest absolute Gasteiger partial charge is 0.464 e. The molecule has 0 amide bonds. The Bertz CT molecular complexity index is 356. The second-order valence-corrected chi connectivity index (χ2v) is 2.09. The Hall–Kier alpha value is -1.95. The molecular weight excluding hydrogens is 152 g/mol. The minimum absolute atomic E-state index is 0.956. The van der Waals surface area contributed by atoms with Crippen molar-refractivity contribution in [1.29, 1.82) is 5.26 Å². The van der Waals surface area contributed by atoms with Gasteiger partial charge in [0.05, 0.1) is 6.26 Å². The van der Waals surface area contributed by atoms with E-state index < -0.39 is 0 Å². The van der Waals surface area contributed by atoms with Crippen LogP contribution in [0, 0.1) is 11.5 Å². The third-order valence-electron chi connectivity index (χ3n) is 1.36. The fraction of sp³-hybridized carbons (Fsp3) is 0. The van der Waals surface area contributed by atoms with Gasteiger partial charge in [-0.15, -0.1) is 0 Å². The van der Waals surface area contributed by atoms with Gasteiger partial charge in [0.25, 0.3) is 0 Å². The molecule has 1 aromatic heterocycles. The number of furan rings is 1. The lowest BCUT2D eigenvalue weighted by molar-refractivity contribution is 0.616. The van der Waals surface area contributed by atoms with Crippen LogP contribution in [0.2, 0.25) is 0 Å². The van der Waals surface area contributed by atoms with E-state index in [0.29, 0.717) is 0 Å². The van der Waals surface area contributed by atoms with E-state index in [2.05, 4.69) is 5.73 Å². The van der Waals surface area contributed by atoms with Crippen molar-refractivity contribution in [3.63, 3.8) is 0 Å². The molecule has 2 rings (SSSR count). The Morgan fingerprint density at radius 1 is 1.25 bits per heavy atom. The van der Waals surface area contributed by atoms with Crippen molar-refractivity contribution in [2.24, 2.45) is 5.73 Å². The van der Waals surface area contributed by atoms with Gasteiger partial charge in [-0.25, -0.2) is 0 Å². The van der Waals surface area contributed by atoms with E-state index in [1.807, 2.05) is 30.3 Å². The SMILES string of the molecule is N#CN.c1ccc2occc2c1. The summed E-state index contributed by atoms with van der Waals surface area (Å²) in [6.45, 7) is 0. The molecule has 0 fully saturated rings. The Labute approximate surface area is 70.0 Å². The first-order chi connectivity index (χ1) is 5.88. The molecule has 1 heterocycles. The quantitative estimate of drug-likeness (QED) is 0.472. The standard InChI is InChI=1S/C8H6O.CH2N2/c1-2-4-8-7(3-1)5-6-9-8;2-1-3/h1-6H;2H2. The molecule has 3 heteroatoms. The van der Waals surface area contributed by atoms with E-state index in [4.69, 9.17) is 9.68 Å². The summed E-state index contributed by atoms with van der Waals surface area (Å²) >= 11 is 0. The van der Waals surface area contributed by atoms with Crippen LogP contribution in [-0.2, 0) is 0 Å². The molecule has 2 aromatic rings. The van der Waals surface area contributed by atoms with E-state index in [0.717, 1.165) is 11.0 Å². The minimum atomic E-state index is 0.956. The smallest absolute Gasteiger partial charge is 0.173 e. The van der Waals surface area contributed by atoms with Crippen molar-refractivity contribution in [3.8, 4) is 6.19 Å². The molecule has 60 valence electrons. The highest BCUT2D eigenvalue weighted by Gasteiger charge is 1.89. The van der Waals surface area contributed by atoms with Crippen molar-refractivity contribution in [2.75, 3.05) is 0 Å². The Balaban J connectivity index is 0.000000213. The predicted molar refractivity (Wildman–Crippen MR) is 46.0 cm³/mol. The second kappa shape index (κ2) is 4.04. The highest BCUT2D eigenvalue weighted by Crippen LogP contribution is 2.12. The van der Waals surface area contributed by atoms with Gasteiger partial charge in [-0.05, 0) is 12.1 Å². The third-order valence-corrected chi connectivity index (χ3v) is 1.36. The lowest BCUT2D eigenvalue weighted by Crippen LogP contribution is -1.69. The summed E-state index contributed by atoms with van der Waals surface area (Å²) in [5.74, 6) is 0. The number of nitrogens with two attached hydrogens (primary N) is 1. The first kappa shape index (κ1) is 8.15. The highest BCUT2D eigenvalue weighted by atomic mass is 16.3. The molecule has 0 saturated heterocycles. The van der Waals surface area contributed by atoms with Crippen LogP contribution in [0.15, 0.2) is 41.0 Å². The van der Waals surface area contributed by atoms with Crippen LogP contribution in [0.5, 0.6) is 0 Å². The molecule has 12 heavy (non-hydrogen) atoms. The fourth-order valence-electron chi connectivity index (χ4n) is 0.906. The lowest BCUT2D eigenvalue weighted by atomic mass is 10.3. The molecule has 2 N–H and O–H groups in total. The maximum Gasteiger partial charge on any atom is 0.173 e. The Morgan fingerprint density at radius 2 is 1.92 bits per heavy atom. The summed E-state index contributed by atoms with van der Waals surface area (Å²) in [7, 11) is 0. The predicted octanol–water partition coefficient (Wildman–Crippen LogP) is 1.86. The van der Waals surface area contributed by atoms with E-state index >= 15 is 0 Å². The number of fused-ring (bicyclic) bond motifs is 1. The molecule has 0 radical (unpaired) electrons. The average molecular weight is 160 g/mol. The summed E-state index contributed by atoms with van der Waals surface area (Å²) in [6.07, 6.45) is 2.95. The summed E-state index contributed by atoms with van der Waals surface area (Å²) in [5, 5.41) is 8.26. The monoisotopic (exact) mass is 160 g/mol. The van der Waals surface area contributed by atoms with Gasteiger partial charge in [0.15, 0.2) is 6.19 Å². The van der Waals surface area contributed by atoms with E-state index in [1.54, 1.807) is 6.26 Å². The van der Waals surface area contributed by atoms with Crippen molar-refractivity contribution >= 4 is 11.0 Å². The van der Waals surface area contributed by atoms with E-state index in [-0.39, 0.29) is 0 Å². The van der Waals surface area contributed by atoms with Crippen molar-refractivity contribution in [3.05, 3.63) is 36.6 Å². The van der Waals surface area contributed by atoms with E-state index in [9.17, 15) is 0 Å². The van der Waals surface area contributed by atoms with Crippen LogP contribution in [-0.4, -0.2) is 0 Å². The van der Waals surface area contributed by atoms with Gasteiger partial charge < -0.3 is 10.2 Å². The second-order valence-electron chi connectivity index (χ2n) is 2.09. The third kappa shape index (κ3) is 1.77. The topological polar surface area (TPSA) is 63.0 Å². The van der Waals surface area contributed by atoms with Crippen molar-refractivity contribution in [2.45, 2.75) is 0 Å². The summed E-state index contributed by atoms with van der Waals surface area (Å²) in [4.78, 5) is 0. The molecule has 0 aliphatic heterocycles. The number of nitrogens with zero attached hydrogens (tertiary/aromatic N) is 1. The lowest BCUT2D eigenvalue weighted by Gasteiger charge is -1.81. The maximum atomic E-state index is 7.10. The molecule has 0 aliphatic rings. The number of para-hydroxylation sites is 1. The zero-order valence-electron chi connectivity index (χ0n) is 6.40. The van der Waals surface area contributed by atoms with Crippen LogP contribution in [0.3, 0.4) is 0 Å². The van der Waals surface area contributed by atoms with E-state index in [1.165, 1.54) is 6.19 Å². The molecule has 1 aromatic carbocycles. The number of hydrogen-bond acceptors (Lipinski definition) is 3. The van der Waals surface area contributed by atoms with Crippen LogP contribution in [0.25, 0.3) is 11.0 Å². The number of nitriles is 1. The van der Waals surface area contributed by atoms with Gasteiger partial charge in [-0.2, -0.15) is 5.26 Å². The van der Waals surface area contributed by atoms with Gasteiger partial charge in [-0.3, -0.25) is 0 Å². The van der Waals surface area contributed by atoms with Crippen molar-refractivity contribution < 1.29 is 4.42 Å². The molecule has 0 atom stereocenters. The Kier molecular flexibility index (Phi) is 2.74. The summed E-state index contributed by atoms with van der Waals surface area (Å²) in [5.41, 5.74) is 5.11. The average Bonchev–Trinajstić information content (AvgIpc) is 2.52. The molecule has 0 saturated carbocycles. The van der Waals surface area contributed by atoms with Crippen LogP contribution in [0.4, 0.5) is 0 Å². The number of hydrogen-bond donors (Lipinski definition) is 1. The van der Waals surface area contributed by atoms with Crippen LogP contribution in [0.1, 0.15) is 0 Å². The zero-order valence-corrected chi connectivity index (χ0v) is 6.40.